The second-order valence-corrected chi connectivity index (χ2v) is 8.07. The van der Waals surface area contributed by atoms with Crippen molar-refractivity contribution in [3.05, 3.63) is 0 Å². The van der Waals surface area contributed by atoms with Crippen molar-refractivity contribution < 1.29 is 9.59 Å². The maximum absolute atomic E-state index is 12.8. The van der Waals surface area contributed by atoms with E-state index in [2.05, 4.69) is 13.8 Å². The molecule has 4 heteroatoms. The number of imide groups is 1. The fourth-order valence-electron chi connectivity index (χ4n) is 3.98. The van der Waals surface area contributed by atoms with Crippen LogP contribution in [0.5, 0.6) is 0 Å². The summed E-state index contributed by atoms with van der Waals surface area (Å²) in [6.45, 7) is 4.39. The van der Waals surface area contributed by atoms with Gasteiger partial charge >= 0.3 is 0 Å². The molecule has 2 atom stereocenters. The van der Waals surface area contributed by atoms with Crippen molar-refractivity contribution in [1.82, 2.24) is 4.90 Å². The smallest absolute Gasteiger partial charge is 0.229 e. The summed E-state index contributed by atoms with van der Waals surface area (Å²) in [5.74, 6) is 0.0818. The minimum Gasteiger partial charge on any atom is -0.328 e. The van der Waals surface area contributed by atoms with Crippen molar-refractivity contribution in [3.8, 4) is 0 Å². The summed E-state index contributed by atoms with van der Waals surface area (Å²) in [5, 5.41) is 0. The van der Waals surface area contributed by atoms with Crippen LogP contribution in [0.4, 0.5) is 0 Å². The number of nitrogens with two attached hydrogens (primary N) is 1. The van der Waals surface area contributed by atoms with E-state index in [0.29, 0.717) is 12.8 Å². The molecule has 1 saturated carbocycles. The van der Waals surface area contributed by atoms with Crippen molar-refractivity contribution in [3.63, 3.8) is 0 Å². The molecular weight excluding hydrogens is 324 g/mol. The van der Waals surface area contributed by atoms with E-state index in [9.17, 15) is 9.59 Å². The van der Waals surface area contributed by atoms with Crippen LogP contribution in [0.2, 0.25) is 0 Å². The Bertz CT molecular complexity index is 372. The molecule has 26 heavy (non-hydrogen) atoms. The third kappa shape index (κ3) is 9.16. The molecule has 152 valence electrons. The maximum Gasteiger partial charge on any atom is 0.229 e. The molecule has 0 bridgehead atoms. The van der Waals surface area contributed by atoms with E-state index < -0.39 is 0 Å². The van der Waals surface area contributed by atoms with Gasteiger partial charge in [-0.25, -0.2) is 0 Å². The van der Waals surface area contributed by atoms with E-state index in [1.165, 1.54) is 38.5 Å². The summed E-state index contributed by atoms with van der Waals surface area (Å²) in [4.78, 5) is 27.3. The first-order chi connectivity index (χ1) is 12.6. The lowest BCUT2D eigenvalue weighted by molar-refractivity contribution is -0.148. The number of unbranched alkanes of at least 4 members (excludes halogenated alkanes) is 8. The first-order valence-corrected chi connectivity index (χ1v) is 11.2. The molecule has 1 aliphatic rings. The van der Waals surface area contributed by atoms with E-state index >= 15 is 0 Å². The normalized spacial score (nSPS) is 20.1. The Morgan fingerprint density at radius 1 is 0.808 bits per heavy atom. The Morgan fingerprint density at radius 2 is 1.31 bits per heavy atom. The molecule has 2 N–H and O–H groups in total. The molecule has 0 aromatic rings. The predicted octanol–water partition coefficient (Wildman–Crippen LogP) is 5.33. The molecular formula is C22H42N2O2. The van der Waals surface area contributed by atoms with Crippen LogP contribution in [0, 0.1) is 0 Å². The van der Waals surface area contributed by atoms with Crippen LogP contribution < -0.4 is 5.73 Å². The van der Waals surface area contributed by atoms with Gasteiger partial charge in [0.05, 0.1) is 0 Å². The van der Waals surface area contributed by atoms with E-state index in [-0.39, 0.29) is 23.9 Å². The van der Waals surface area contributed by atoms with Gasteiger partial charge in [0.15, 0.2) is 0 Å². The fraction of sp³-hybridized carbons (Fsp3) is 0.909. The third-order valence-electron chi connectivity index (χ3n) is 5.58. The zero-order valence-electron chi connectivity index (χ0n) is 17.3. The van der Waals surface area contributed by atoms with Gasteiger partial charge in [0, 0.05) is 24.9 Å². The summed E-state index contributed by atoms with van der Waals surface area (Å²) >= 11 is 0. The van der Waals surface area contributed by atoms with E-state index in [1.807, 2.05) is 0 Å². The van der Waals surface area contributed by atoms with E-state index in [0.717, 1.165) is 51.4 Å². The van der Waals surface area contributed by atoms with Crippen molar-refractivity contribution >= 4 is 11.8 Å². The molecule has 1 rings (SSSR count). The highest BCUT2D eigenvalue weighted by atomic mass is 16.2. The highest BCUT2D eigenvalue weighted by Gasteiger charge is 2.32. The number of nitrogens with zero attached hydrogens (tertiary/aromatic N) is 1. The van der Waals surface area contributed by atoms with Gasteiger partial charge < -0.3 is 5.73 Å². The molecule has 0 aromatic heterocycles. The van der Waals surface area contributed by atoms with Crippen LogP contribution in [0.25, 0.3) is 0 Å². The van der Waals surface area contributed by atoms with Crippen LogP contribution >= 0.6 is 0 Å². The van der Waals surface area contributed by atoms with Crippen molar-refractivity contribution in [2.24, 2.45) is 5.73 Å². The topological polar surface area (TPSA) is 63.4 Å². The number of carbonyl (C=O) groups excluding carboxylic acids is 2. The molecule has 0 saturated heterocycles. The number of amides is 2. The highest BCUT2D eigenvalue weighted by Crippen LogP contribution is 2.24. The molecule has 0 aliphatic heterocycles. The van der Waals surface area contributed by atoms with Crippen LogP contribution in [-0.2, 0) is 9.59 Å². The monoisotopic (exact) mass is 366 g/mol. The molecule has 1 aliphatic carbocycles. The van der Waals surface area contributed by atoms with Gasteiger partial charge in [-0.05, 0) is 38.5 Å². The largest absolute Gasteiger partial charge is 0.328 e. The first-order valence-electron chi connectivity index (χ1n) is 11.2. The summed E-state index contributed by atoms with van der Waals surface area (Å²) in [6.07, 6.45) is 16.0. The third-order valence-corrected chi connectivity index (χ3v) is 5.58. The molecule has 1 fully saturated rings. The molecule has 2 amide bonds. The van der Waals surface area contributed by atoms with Crippen LogP contribution in [0.15, 0.2) is 0 Å². The highest BCUT2D eigenvalue weighted by molar-refractivity contribution is 5.95. The molecule has 0 radical (unpaired) electrons. The molecule has 2 unspecified atom stereocenters. The maximum atomic E-state index is 12.8. The standard InChI is InChI=1S/C22H42N2O2/c1-3-5-7-9-11-16-21(25)24(20-15-13-14-19(23)18-20)22(26)17-12-10-8-6-4-2/h19-20H,3-18,23H2,1-2H3. The molecule has 0 heterocycles. The number of carbonyl (C=O) groups is 2. The summed E-state index contributed by atoms with van der Waals surface area (Å²) < 4.78 is 0. The van der Waals surface area contributed by atoms with Crippen molar-refractivity contribution in [2.45, 2.75) is 129 Å². The van der Waals surface area contributed by atoms with Gasteiger partial charge in [0.25, 0.3) is 0 Å². The Morgan fingerprint density at radius 3 is 1.77 bits per heavy atom. The van der Waals surface area contributed by atoms with E-state index in [1.54, 1.807) is 4.90 Å². The van der Waals surface area contributed by atoms with Gasteiger partial charge in [-0.1, -0.05) is 65.2 Å². The summed E-state index contributed by atoms with van der Waals surface area (Å²) in [5.41, 5.74) is 6.12. The lowest BCUT2D eigenvalue weighted by atomic mass is 9.90. The summed E-state index contributed by atoms with van der Waals surface area (Å²) in [7, 11) is 0. The lowest BCUT2D eigenvalue weighted by Crippen LogP contribution is -2.48. The van der Waals surface area contributed by atoms with Crippen LogP contribution in [-0.4, -0.2) is 28.8 Å². The minimum absolute atomic E-state index is 0.0324. The predicted molar refractivity (Wildman–Crippen MR) is 109 cm³/mol. The second-order valence-electron chi connectivity index (χ2n) is 8.07. The number of hydrogen-bond acceptors (Lipinski definition) is 3. The van der Waals surface area contributed by atoms with Gasteiger partial charge in [0.2, 0.25) is 11.8 Å². The average molecular weight is 367 g/mol. The van der Waals surface area contributed by atoms with Crippen LogP contribution in [0.3, 0.4) is 0 Å². The Labute approximate surface area is 161 Å². The van der Waals surface area contributed by atoms with Crippen molar-refractivity contribution in [1.29, 1.82) is 0 Å². The fourth-order valence-corrected chi connectivity index (χ4v) is 3.98. The average Bonchev–Trinajstić information content (AvgIpc) is 2.61. The molecule has 0 spiro atoms. The van der Waals surface area contributed by atoms with Crippen LogP contribution in [0.1, 0.15) is 117 Å². The minimum atomic E-state index is 0.0324. The zero-order chi connectivity index (χ0) is 19.2. The molecule has 0 aromatic carbocycles. The van der Waals surface area contributed by atoms with Gasteiger partial charge in [-0.15, -0.1) is 0 Å². The van der Waals surface area contributed by atoms with Gasteiger partial charge in [-0.2, -0.15) is 0 Å². The Kier molecular flexibility index (Phi) is 12.6. The SMILES string of the molecule is CCCCCCCC(=O)N(C(=O)CCCCCCC)C1CCCC(N)C1. The Balaban J connectivity index is 2.54. The summed E-state index contributed by atoms with van der Waals surface area (Å²) in [6, 6.07) is 0.163. The van der Waals surface area contributed by atoms with Gasteiger partial charge in [0.1, 0.15) is 0 Å². The lowest BCUT2D eigenvalue weighted by Gasteiger charge is -2.35. The zero-order valence-corrected chi connectivity index (χ0v) is 17.3. The van der Waals surface area contributed by atoms with Crippen molar-refractivity contribution in [2.75, 3.05) is 0 Å². The van der Waals surface area contributed by atoms with E-state index in [4.69, 9.17) is 5.73 Å². The number of rotatable bonds is 13. The second kappa shape index (κ2) is 14.2. The Hall–Kier alpha value is -0.900. The quantitative estimate of drug-likeness (QED) is 0.448. The van der Waals surface area contributed by atoms with Gasteiger partial charge in [-0.3, -0.25) is 14.5 Å². The number of hydrogen-bond donors (Lipinski definition) is 1. The first kappa shape index (κ1) is 23.1. The molecule has 4 nitrogen and oxygen atoms in total.